The molecule has 28 heavy (non-hydrogen) atoms. The molecule has 7 heteroatoms. The summed E-state index contributed by atoms with van der Waals surface area (Å²) in [5.74, 6) is -1.27. The van der Waals surface area contributed by atoms with Gasteiger partial charge in [0.15, 0.2) is 5.60 Å². The summed E-state index contributed by atoms with van der Waals surface area (Å²) in [7, 11) is 0. The summed E-state index contributed by atoms with van der Waals surface area (Å²) in [4.78, 5) is 27.6. The molecule has 0 aliphatic carbocycles. The van der Waals surface area contributed by atoms with Crippen LogP contribution >= 0.6 is 0 Å². The second-order valence-corrected chi connectivity index (χ2v) is 7.49. The molecule has 142 valence electrons. The zero-order valence-electron chi connectivity index (χ0n) is 15.5. The summed E-state index contributed by atoms with van der Waals surface area (Å²) in [5, 5.41) is 20.1. The summed E-state index contributed by atoms with van der Waals surface area (Å²) < 4.78 is 5.85. The molecule has 2 aliphatic rings. The van der Waals surface area contributed by atoms with Crippen LogP contribution in [0.15, 0.2) is 42.5 Å². The molecule has 4 rings (SSSR count). The van der Waals surface area contributed by atoms with Crippen LogP contribution < -0.4 is 19.6 Å². The lowest BCUT2D eigenvalue weighted by atomic mass is 9.99. The minimum atomic E-state index is -1.09. The molecule has 0 radical (unpaired) electrons. The average Bonchev–Trinajstić information content (AvgIpc) is 2.61. The number of aliphatic carboxylic acids is 1. The summed E-state index contributed by atoms with van der Waals surface area (Å²) in [5.41, 5.74) is 1.42. The number of carbonyl (C=O) groups is 2. The van der Waals surface area contributed by atoms with E-state index in [2.05, 4.69) is 6.07 Å². The van der Waals surface area contributed by atoms with Gasteiger partial charge in [0.2, 0.25) is 0 Å². The second-order valence-electron chi connectivity index (χ2n) is 7.49. The topological polar surface area (TPSA) is 96.7 Å². The quantitative estimate of drug-likeness (QED) is 0.807. The molecule has 0 atom stereocenters. The minimum absolute atomic E-state index is 0.224. The van der Waals surface area contributed by atoms with Crippen LogP contribution in [-0.4, -0.2) is 30.6 Å². The Bertz CT molecular complexity index is 1020. The van der Waals surface area contributed by atoms with Gasteiger partial charge in [-0.2, -0.15) is 5.26 Å². The molecule has 2 heterocycles. The van der Waals surface area contributed by atoms with Gasteiger partial charge in [0.05, 0.1) is 23.0 Å². The van der Waals surface area contributed by atoms with Crippen LogP contribution in [0, 0.1) is 17.2 Å². The molecule has 0 aromatic heterocycles. The fourth-order valence-corrected chi connectivity index (χ4v) is 3.47. The van der Waals surface area contributed by atoms with Crippen LogP contribution in [0.1, 0.15) is 19.4 Å². The molecule has 0 unspecified atom stereocenters. The van der Waals surface area contributed by atoms with Crippen LogP contribution in [0.2, 0.25) is 0 Å². The molecular formula is C21H18N3O4-. The Morgan fingerprint density at radius 3 is 2.61 bits per heavy atom. The van der Waals surface area contributed by atoms with Gasteiger partial charge in [-0.1, -0.05) is 6.07 Å². The van der Waals surface area contributed by atoms with Crippen LogP contribution in [0.25, 0.3) is 0 Å². The zero-order chi connectivity index (χ0) is 20.1. The Kier molecular flexibility index (Phi) is 4.00. The van der Waals surface area contributed by atoms with E-state index >= 15 is 0 Å². The summed E-state index contributed by atoms with van der Waals surface area (Å²) in [6, 6.07) is 14.4. The highest BCUT2D eigenvalue weighted by Crippen LogP contribution is 2.43. The fourth-order valence-electron chi connectivity index (χ4n) is 3.47. The highest BCUT2D eigenvalue weighted by molar-refractivity contribution is 6.08. The number of hydrogen-bond donors (Lipinski definition) is 0. The Balaban J connectivity index is 1.73. The third kappa shape index (κ3) is 2.83. The number of benzene rings is 2. The molecule has 0 saturated carbocycles. The first-order valence-corrected chi connectivity index (χ1v) is 8.94. The van der Waals surface area contributed by atoms with Crippen molar-refractivity contribution in [1.29, 1.82) is 5.26 Å². The smallest absolute Gasteiger partial charge is 0.275 e. The lowest BCUT2D eigenvalue weighted by Gasteiger charge is -2.42. The van der Waals surface area contributed by atoms with Crippen molar-refractivity contribution in [3.05, 3.63) is 48.0 Å². The van der Waals surface area contributed by atoms with Crippen molar-refractivity contribution in [2.75, 3.05) is 22.9 Å². The van der Waals surface area contributed by atoms with E-state index in [-0.39, 0.29) is 5.91 Å². The van der Waals surface area contributed by atoms with Gasteiger partial charge < -0.3 is 19.5 Å². The highest BCUT2D eigenvalue weighted by Gasteiger charge is 2.42. The number of anilines is 3. The van der Waals surface area contributed by atoms with Crippen LogP contribution in [-0.2, 0) is 9.59 Å². The molecular weight excluding hydrogens is 358 g/mol. The zero-order valence-corrected chi connectivity index (χ0v) is 15.5. The largest absolute Gasteiger partial charge is 0.550 e. The van der Waals surface area contributed by atoms with Gasteiger partial charge in [0.25, 0.3) is 5.91 Å². The van der Waals surface area contributed by atoms with Gasteiger partial charge in [-0.15, -0.1) is 0 Å². The van der Waals surface area contributed by atoms with E-state index in [9.17, 15) is 14.7 Å². The van der Waals surface area contributed by atoms with Gasteiger partial charge in [0.1, 0.15) is 5.75 Å². The molecule has 2 aliphatic heterocycles. The highest BCUT2D eigenvalue weighted by atomic mass is 16.5. The van der Waals surface area contributed by atoms with E-state index in [1.54, 1.807) is 36.9 Å². The maximum Gasteiger partial charge on any atom is 0.275 e. The molecule has 0 N–H and O–H groups in total. The van der Waals surface area contributed by atoms with Gasteiger partial charge in [-0.05, 0) is 44.2 Å². The predicted octanol–water partition coefficient (Wildman–Crippen LogP) is 1.58. The third-order valence-corrected chi connectivity index (χ3v) is 5.08. The standard InChI is InChI=1S/C21H19N3O4/c1-21(2)20(27)24(17-7-6-13(10-22)8-18(17)28-21)16-5-3-4-15(9-16)23-11-14(12-23)19(25)26/h3-9,14H,11-12H2,1-2H3,(H,25,26)/p-1. The average molecular weight is 376 g/mol. The number of hydrogen-bond acceptors (Lipinski definition) is 6. The molecule has 0 spiro atoms. The predicted molar refractivity (Wildman–Crippen MR) is 100 cm³/mol. The number of carbonyl (C=O) groups excluding carboxylic acids is 2. The van der Waals surface area contributed by atoms with Crippen molar-refractivity contribution < 1.29 is 19.4 Å². The van der Waals surface area contributed by atoms with Crippen molar-refractivity contribution in [3.63, 3.8) is 0 Å². The van der Waals surface area contributed by atoms with Gasteiger partial charge >= 0.3 is 0 Å². The summed E-state index contributed by atoms with van der Waals surface area (Å²) in [6.07, 6.45) is 0. The van der Waals surface area contributed by atoms with Gasteiger partial charge in [-0.3, -0.25) is 9.69 Å². The van der Waals surface area contributed by atoms with Crippen LogP contribution in [0.3, 0.4) is 0 Å². The summed E-state index contributed by atoms with van der Waals surface area (Å²) in [6.45, 7) is 4.15. The first-order valence-electron chi connectivity index (χ1n) is 8.94. The monoisotopic (exact) mass is 376 g/mol. The Hall–Kier alpha value is -3.53. The number of rotatable bonds is 3. The normalized spacial score (nSPS) is 18.0. The van der Waals surface area contributed by atoms with Crippen molar-refractivity contribution >= 4 is 28.9 Å². The van der Waals surface area contributed by atoms with Crippen molar-refractivity contribution in [2.24, 2.45) is 5.92 Å². The van der Waals surface area contributed by atoms with E-state index in [0.717, 1.165) is 5.69 Å². The maximum atomic E-state index is 13.1. The lowest BCUT2D eigenvalue weighted by Crippen LogP contribution is -2.54. The Morgan fingerprint density at radius 1 is 1.21 bits per heavy atom. The lowest BCUT2D eigenvalue weighted by molar-refractivity contribution is -0.312. The first kappa shape index (κ1) is 17.9. The SMILES string of the molecule is CC1(C)Oc2cc(C#N)ccc2N(c2cccc(N3CC(C(=O)[O-])C3)c2)C1=O. The summed E-state index contributed by atoms with van der Waals surface area (Å²) >= 11 is 0. The van der Waals surface area contributed by atoms with E-state index in [0.29, 0.717) is 35.8 Å². The van der Waals surface area contributed by atoms with Crippen LogP contribution in [0.5, 0.6) is 5.75 Å². The fraction of sp³-hybridized carbons (Fsp3) is 0.286. The first-order chi connectivity index (χ1) is 13.3. The van der Waals surface area contributed by atoms with Crippen molar-refractivity contribution in [1.82, 2.24) is 0 Å². The molecule has 7 nitrogen and oxygen atoms in total. The number of amides is 1. The Labute approximate surface area is 162 Å². The number of carboxylic acid groups (broad SMARTS) is 1. The molecule has 0 bridgehead atoms. The van der Waals surface area contributed by atoms with Crippen molar-refractivity contribution in [3.8, 4) is 11.8 Å². The minimum Gasteiger partial charge on any atom is -0.550 e. The van der Waals surface area contributed by atoms with E-state index in [4.69, 9.17) is 10.00 Å². The van der Waals surface area contributed by atoms with E-state index in [1.807, 2.05) is 29.2 Å². The van der Waals surface area contributed by atoms with Gasteiger partial charge in [0, 0.05) is 36.7 Å². The number of ether oxygens (including phenoxy) is 1. The maximum absolute atomic E-state index is 13.1. The number of nitriles is 1. The van der Waals surface area contributed by atoms with Crippen LogP contribution in [0.4, 0.5) is 17.1 Å². The van der Waals surface area contributed by atoms with Gasteiger partial charge in [-0.25, -0.2) is 0 Å². The number of carboxylic acids is 1. The van der Waals surface area contributed by atoms with E-state index < -0.39 is 17.5 Å². The molecule has 2 aromatic carbocycles. The molecule has 2 aromatic rings. The number of fused-ring (bicyclic) bond motifs is 1. The number of nitrogens with zero attached hydrogens (tertiary/aromatic N) is 3. The van der Waals surface area contributed by atoms with Crippen molar-refractivity contribution in [2.45, 2.75) is 19.4 Å². The molecule has 1 fully saturated rings. The van der Waals surface area contributed by atoms with E-state index in [1.165, 1.54) is 0 Å². The second kappa shape index (κ2) is 6.27. The third-order valence-electron chi connectivity index (χ3n) is 5.08. The molecule has 1 amide bonds. The Morgan fingerprint density at radius 2 is 1.93 bits per heavy atom. The molecule has 1 saturated heterocycles.